The van der Waals surface area contributed by atoms with E-state index in [1.165, 1.54) is 38.5 Å². The molecule has 0 bridgehead atoms. The fraction of sp³-hybridized carbons (Fsp3) is 0.812. The van der Waals surface area contributed by atoms with Crippen LogP contribution in [0.3, 0.4) is 0 Å². The molecule has 1 aromatic rings. The molecule has 0 radical (unpaired) electrons. The molecule has 0 aliphatic heterocycles. The van der Waals surface area contributed by atoms with E-state index in [1.54, 1.807) is 0 Å². The Kier molecular flexibility index (Phi) is 4.95. The first-order chi connectivity index (χ1) is 9.52. The van der Waals surface area contributed by atoms with Gasteiger partial charge in [-0.2, -0.15) is 5.10 Å². The summed E-state index contributed by atoms with van der Waals surface area (Å²) in [6, 6.07) is 0.893. The van der Waals surface area contributed by atoms with E-state index in [1.807, 2.05) is 11.6 Å². The van der Waals surface area contributed by atoms with E-state index in [2.05, 4.69) is 31.2 Å². The first-order valence-corrected chi connectivity index (χ1v) is 8.14. The quantitative estimate of drug-likeness (QED) is 0.851. The van der Waals surface area contributed by atoms with Crippen LogP contribution in [0.15, 0.2) is 0 Å². The number of nitrogens with one attached hydrogen (secondary N) is 1. The average molecular weight is 278 g/mol. The summed E-state index contributed by atoms with van der Waals surface area (Å²) in [7, 11) is 0. The minimum atomic E-state index is 0.338. The number of hydrogen-bond donors (Lipinski definition) is 2. The van der Waals surface area contributed by atoms with Crippen molar-refractivity contribution in [3.05, 3.63) is 5.69 Å². The maximum absolute atomic E-state index is 6.19. The maximum Gasteiger partial charge on any atom is 0.148 e. The fourth-order valence-corrected chi connectivity index (χ4v) is 3.27. The Morgan fingerprint density at radius 2 is 1.95 bits per heavy atom. The molecule has 1 fully saturated rings. The smallest absolute Gasteiger partial charge is 0.148 e. The van der Waals surface area contributed by atoms with Gasteiger partial charge in [0.2, 0.25) is 0 Å². The van der Waals surface area contributed by atoms with Crippen LogP contribution in [0, 0.1) is 12.8 Å². The zero-order chi connectivity index (χ0) is 14.7. The minimum Gasteiger partial charge on any atom is -0.394 e. The topological polar surface area (TPSA) is 55.9 Å². The van der Waals surface area contributed by atoms with Crippen LogP contribution >= 0.6 is 0 Å². The fourth-order valence-electron chi connectivity index (χ4n) is 3.27. The summed E-state index contributed by atoms with van der Waals surface area (Å²) in [4.78, 5) is 0. The number of nitrogens with two attached hydrogens (primary N) is 1. The van der Waals surface area contributed by atoms with Gasteiger partial charge in [-0.3, -0.25) is 0 Å². The summed E-state index contributed by atoms with van der Waals surface area (Å²) in [5.74, 6) is 1.96. The standard InChI is InChI=1S/C16H30N4/c1-5-6-13-7-9-14(10-8-13)18-16-15(17)12(4)19-20(16)11(2)3/h11,13-14,18H,5-10,17H2,1-4H3. The third-order valence-electron chi connectivity index (χ3n) is 4.51. The summed E-state index contributed by atoms with van der Waals surface area (Å²) < 4.78 is 2.03. The average Bonchev–Trinajstić information content (AvgIpc) is 2.70. The second kappa shape index (κ2) is 6.51. The monoisotopic (exact) mass is 278 g/mol. The number of nitrogen functional groups attached to an aromatic ring is 1. The third kappa shape index (κ3) is 3.28. The molecular formula is C16H30N4. The van der Waals surface area contributed by atoms with E-state index in [0.717, 1.165) is 23.1 Å². The summed E-state index contributed by atoms with van der Waals surface area (Å²) in [6.45, 7) is 8.57. The van der Waals surface area contributed by atoms with Crippen molar-refractivity contribution < 1.29 is 0 Å². The van der Waals surface area contributed by atoms with E-state index in [4.69, 9.17) is 5.73 Å². The van der Waals surface area contributed by atoms with Crippen molar-refractivity contribution in [2.75, 3.05) is 11.1 Å². The predicted octanol–water partition coefficient (Wildman–Crippen LogP) is 4.13. The molecule has 114 valence electrons. The van der Waals surface area contributed by atoms with Gasteiger partial charge in [0.15, 0.2) is 0 Å². The van der Waals surface area contributed by atoms with Crippen LogP contribution in [0.4, 0.5) is 11.5 Å². The lowest BCUT2D eigenvalue weighted by atomic mass is 9.83. The highest BCUT2D eigenvalue weighted by Crippen LogP contribution is 2.32. The molecule has 3 N–H and O–H groups in total. The van der Waals surface area contributed by atoms with E-state index >= 15 is 0 Å². The molecule has 1 saturated carbocycles. The highest BCUT2D eigenvalue weighted by molar-refractivity contribution is 5.65. The summed E-state index contributed by atoms with van der Waals surface area (Å²) in [5, 5.41) is 8.21. The number of rotatable bonds is 5. The van der Waals surface area contributed by atoms with E-state index < -0.39 is 0 Å². The van der Waals surface area contributed by atoms with E-state index in [0.29, 0.717) is 12.1 Å². The second-order valence-corrected chi connectivity index (χ2v) is 6.54. The number of aryl methyl sites for hydroxylation is 1. The molecule has 1 heterocycles. The minimum absolute atomic E-state index is 0.338. The van der Waals surface area contributed by atoms with Gasteiger partial charge in [-0.1, -0.05) is 19.8 Å². The lowest BCUT2D eigenvalue weighted by molar-refractivity contribution is 0.317. The van der Waals surface area contributed by atoms with Crippen LogP contribution in [0.25, 0.3) is 0 Å². The van der Waals surface area contributed by atoms with Crippen molar-refractivity contribution >= 4 is 11.5 Å². The number of hydrogen-bond acceptors (Lipinski definition) is 3. The van der Waals surface area contributed by atoms with Crippen molar-refractivity contribution in [1.82, 2.24) is 9.78 Å². The van der Waals surface area contributed by atoms with Gasteiger partial charge in [-0.15, -0.1) is 0 Å². The van der Waals surface area contributed by atoms with Gasteiger partial charge in [0.25, 0.3) is 0 Å². The number of aromatic nitrogens is 2. The molecule has 0 amide bonds. The zero-order valence-corrected chi connectivity index (χ0v) is 13.4. The molecular weight excluding hydrogens is 248 g/mol. The number of nitrogens with zero attached hydrogens (tertiary/aromatic N) is 2. The maximum atomic E-state index is 6.19. The van der Waals surface area contributed by atoms with Gasteiger partial charge in [0.1, 0.15) is 5.82 Å². The SMILES string of the molecule is CCCC1CCC(Nc2c(N)c(C)nn2C(C)C)CC1. The Hall–Kier alpha value is -1.19. The van der Waals surface area contributed by atoms with Crippen LogP contribution < -0.4 is 11.1 Å². The third-order valence-corrected chi connectivity index (χ3v) is 4.51. The van der Waals surface area contributed by atoms with Crippen LogP contribution in [-0.2, 0) is 0 Å². The Morgan fingerprint density at radius 3 is 2.50 bits per heavy atom. The lowest BCUT2D eigenvalue weighted by Crippen LogP contribution is -2.28. The Bertz CT molecular complexity index is 428. The highest BCUT2D eigenvalue weighted by atomic mass is 15.4. The van der Waals surface area contributed by atoms with Crippen LogP contribution in [0.5, 0.6) is 0 Å². The molecule has 2 rings (SSSR count). The molecule has 4 nitrogen and oxygen atoms in total. The van der Waals surface area contributed by atoms with Crippen molar-refractivity contribution in [3.8, 4) is 0 Å². The first kappa shape index (κ1) is 15.2. The highest BCUT2D eigenvalue weighted by Gasteiger charge is 2.23. The molecule has 20 heavy (non-hydrogen) atoms. The summed E-state index contributed by atoms with van der Waals surface area (Å²) in [5.41, 5.74) is 7.93. The van der Waals surface area contributed by atoms with Crippen molar-refractivity contribution in [1.29, 1.82) is 0 Å². The molecule has 0 atom stereocenters. The Balaban J connectivity index is 2.01. The molecule has 4 heteroatoms. The molecule has 1 aliphatic carbocycles. The van der Waals surface area contributed by atoms with Gasteiger partial charge in [-0.25, -0.2) is 4.68 Å². The summed E-state index contributed by atoms with van der Waals surface area (Å²) in [6.07, 6.45) is 7.91. The van der Waals surface area contributed by atoms with Crippen molar-refractivity contribution in [2.45, 2.75) is 78.3 Å². The predicted molar refractivity (Wildman–Crippen MR) is 86.0 cm³/mol. The van der Waals surface area contributed by atoms with Gasteiger partial charge in [0.05, 0.1) is 11.4 Å². The van der Waals surface area contributed by atoms with Crippen molar-refractivity contribution in [2.24, 2.45) is 5.92 Å². The second-order valence-electron chi connectivity index (χ2n) is 6.54. The van der Waals surface area contributed by atoms with Crippen LogP contribution in [0.1, 0.15) is 71.0 Å². The van der Waals surface area contributed by atoms with Gasteiger partial charge >= 0.3 is 0 Å². The first-order valence-electron chi connectivity index (χ1n) is 8.14. The van der Waals surface area contributed by atoms with Gasteiger partial charge < -0.3 is 11.1 Å². The largest absolute Gasteiger partial charge is 0.394 e. The van der Waals surface area contributed by atoms with E-state index in [-0.39, 0.29) is 0 Å². The van der Waals surface area contributed by atoms with E-state index in [9.17, 15) is 0 Å². The molecule has 0 aromatic carbocycles. The van der Waals surface area contributed by atoms with Crippen molar-refractivity contribution in [3.63, 3.8) is 0 Å². The zero-order valence-electron chi connectivity index (χ0n) is 13.4. The van der Waals surface area contributed by atoms with Crippen LogP contribution in [0.2, 0.25) is 0 Å². The molecule has 0 saturated heterocycles. The molecule has 1 aliphatic rings. The lowest BCUT2D eigenvalue weighted by Gasteiger charge is -2.30. The molecule has 0 unspecified atom stereocenters. The number of anilines is 2. The normalized spacial score (nSPS) is 23.2. The molecule has 1 aromatic heterocycles. The Morgan fingerprint density at radius 1 is 1.30 bits per heavy atom. The van der Waals surface area contributed by atoms with Crippen LogP contribution in [-0.4, -0.2) is 15.8 Å². The molecule has 0 spiro atoms. The summed E-state index contributed by atoms with van der Waals surface area (Å²) >= 11 is 0. The Labute approximate surface area is 123 Å². The van der Waals surface area contributed by atoms with Gasteiger partial charge in [0, 0.05) is 12.1 Å². The van der Waals surface area contributed by atoms with Gasteiger partial charge in [-0.05, 0) is 52.4 Å².